The van der Waals surface area contributed by atoms with Crippen molar-refractivity contribution in [2.75, 3.05) is 9.80 Å². The maximum Gasteiger partial charge on any atom is 0.159 e. The average Bonchev–Trinajstić information content (AvgIpc) is 4.21. The van der Waals surface area contributed by atoms with E-state index in [9.17, 15) is 0 Å². The van der Waals surface area contributed by atoms with Gasteiger partial charge in [0.2, 0.25) is 0 Å². The van der Waals surface area contributed by atoms with Crippen molar-refractivity contribution in [2.24, 2.45) is 0 Å². The van der Waals surface area contributed by atoms with E-state index in [0.717, 1.165) is 88.8 Å². The highest BCUT2D eigenvalue weighted by molar-refractivity contribution is 6.13. The molecule has 2 heterocycles. The van der Waals surface area contributed by atoms with E-state index in [-0.39, 0.29) is 0 Å². The van der Waals surface area contributed by atoms with E-state index >= 15 is 0 Å². The van der Waals surface area contributed by atoms with E-state index in [2.05, 4.69) is 265 Å². The molecule has 0 bridgehead atoms. The average molecular weight is 933 g/mol. The Morgan fingerprint density at radius 1 is 0.274 bits per heavy atom. The van der Waals surface area contributed by atoms with Gasteiger partial charge in [0.25, 0.3) is 0 Å². The predicted molar refractivity (Wildman–Crippen MR) is 303 cm³/mol. The topological polar surface area (TPSA) is 32.8 Å². The highest BCUT2D eigenvalue weighted by atomic mass is 16.3. The molecule has 1 aliphatic carbocycles. The van der Waals surface area contributed by atoms with Crippen LogP contribution in [0.1, 0.15) is 22.3 Å². The molecular weight excluding hydrogens is 889 g/mol. The van der Waals surface area contributed by atoms with Crippen LogP contribution in [0.15, 0.2) is 276 Å². The minimum absolute atomic E-state index is 0.673. The van der Waals surface area contributed by atoms with Crippen LogP contribution in [0, 0.1) is 0 Å². The van der Waals surface area contributed by atoms with Crippen LogP contribution in [-0.4, -0.2) is 0 Å². The summed E-state index contributed by atoms with van der Waals surface area (Å²) in [4.78, 5) is 4.68. The molecule has 4 nitrogen and oxygen atoms in total. The lowest BCUT2D eigenvalue weighted by atomic mass is 9.66. The summed E-state index contributed by atoms with van der Waals surface area (Å²) in [5, 5.41) is 9.13. The van der Waals surface area contributed by atoms with Crippen molar-refractivity contribution >= 4 is 99.5 Å². The first kappa shape index (κ1) is 41.2. The molecule has 0 fully saturated rings. The van der Waals surface area contributed by atoms with Gasteiger partial charge in [-0.1, -0.05) is 194 Å². The van der Waals surface area contributed by atoms with Crippen LogP contribution >= 0.6 is 0 Å². The molecule has 0 saturated carbocycles. The predicted octanol–water partition coefficient (Wildman–Crippen LogP) is 19.1. The lowest BCUT2D eigenvalue weighted by Crippen LogP contribution is -2.29. The molecule has 12 aromatic carbocycles. The highest BCUT2D eigenvalue weighted by Crippen LogP contribution is 2.60. The SMILES string of the molecule is c1ccc(N(c2ccc3c4c(ccc3c2)-c2ccc3cc(N(c5ccccc5)c5cccc6c5oc5ccccc56)ccc3c2C4(c2ccccc2)c2ccccc2)c2cccc3c2oc2ccccc23)cc1. The molecule has 2 aromatic heterocycles. The second-order valence-corrected chi connectivity index (χ2v) is 19.1. The van der Waals surface area contributed by atoms with Crippen LogP contribution in [-0.2, 0) is 5.41 Å². The van der Waals surface area contributed by atoms with Gasteiger partial charge in [0, 0.05) is 44.3 Å². The summed E-state index contributed by atoms with van der Waals surface area (Å²) in [6.07, 6.45) is 0. The third-order valence-corrected chi connectivity index (χ3v) is 15.3. The standard InChI is InChI=1S/C69H44N2O2/c1-5-19-47(20-6-1)69(48-21-7-2-8-22-48)65-53-41-37-51(70(49-23-9-3-10-24-49)61-31-17-29-59-55-27-13-15-33-63(55)72-67(59)61)43-45(53)35-39-57(65)58-40-36-46-44-52(38-42-54(46)66(58)69)71(50-25-11-4-12-26-50)62-32-18-30-60-56-28-14-16-34-64(56)73-68(60)62/h1-44H. The van der Waals surface area contributed by atoms with Crippen LogP contribution in [0.2, 0.25) is 0 Å². The fourth-order valence-electron chi connectivity index (χ4n) is 12.2. The molecule has 0 unspecified atom stereocenters. The third kappa shape index (κ3) is 6.14. The van der Waals surface area contributed by atoms with Crippen LogP contribution in [0.3, 0.4) is 0 Å². The van der Waals surface area contributed by atoms with Crippen molar-refractivity contribution in [1.82, 2.24) is 0 Å². The molecule has 0 amide bonds. The van der Waals surface area contributed by atoms with E-state index < -0.39 is 5.41 Å². The fraction of sp³-hybridized carbons (Fsp3) is 0.0145. The molecule has 0 N–H and O–H groups in total. The lowest BCUT2D eigenvalue weighted by molar-refractivity contribution is 0.668. The van der Waals surface area contributed by atoms with E-state index in [1.165, 1.54) is 44.2 Å². The first-order valence-electron chi connectivity index (χ1n) is 25.0. The zero-order valence-corrected chi connectivity index (χ0v) is 39.6. The molecule has 0 spiro atoms. The van der Waals surface area contributed by atoms with Gasteiger partial charge in [-0.25, -0.2) is 0 Å². The van der Waals surface area contributed by atoms with Gasteiger partial charge < -0.3 is 18.6 Å². The van der Waals surface area contributed by atoms with Crippen LogP contribution in [0.4, 0.5) is 34.1 Å². The van der Waals surface area contributed by atoms with Crippen molar-refractivity contribution in [3.8, 4) is 11.1 Å². The number of hydrogen-bond acceptors (Lipinski definition) is 4. The van der Waals surface area contributed by atoms with Gasteiger partial charge in [-0.2, -0.15) is 0 Å². The number of benzene rings is 12. The fourth-order valence-corrected chi connectivity index (χ4v) is 12.2. The third-order valence-electron chi connectivity index (χ3n) is 15.3. The summed E-state index contributed by atoms with van der Waals surface area (Å²) < 4.78 is 13.4. The van der Waals surface area contributed by atoms with Crippen molar-refractivity contribution in [3.63, 3.8) is 0 Å². The maximum absolute atomic E-state index is 6.70. The van der Waals surface area contributed by atoms with Crippen molar-refractivity contribution in [2.45, 2.75) is 5.41 Å². The second-order valence-electron chi connectivity index (χ2n) is 19.1. The Morgan fingerprint density at radius 3 is 1.10 bits per heavy atom. The second kappa shape index (κ2) is 16.2. The number of nitrogens with zero attached hydrogens (tertiary/aromatic N) is 2. The number of hydrogen-bond donors (Lipinski definition) is 0. The molecule has 0 aliphatic heterocycles. The normalized spacial score (nSPS) is 12.8. The molecule has 4 heteroatoms. The van der Waals surface area contributed by atoms with Gasteiger partial charge >= 0.3 is 0 Å². The summed E-state index contributed by atoms with van der Waals surface area (Å²) in [5.41, 5.74) is 16.5. The molecule has 14 aromatic rings. The van der Waals surface area contributed by atoms with E-state index in [0.29, 0.717) is 0 Å². The van der Waals surface area contributed by atoms with E-state index in [1.54, 1.807) is 0 Å². The Labute approximate surface area is 421 Å². The summed E-state index contributed by atoms with van der Waals surface area (Å²) in [6, 6.07) is 96.6. The lowest BCUT2D eigenvalue weighted by Gasteiger charge is -2.35. The molecule has 15 rings (SSSR count). The molecular formula is C69H44N2O2. The molecule has 1 aliphatic rings. The van der Waals surface area contributed by atoms with E-state index in [1.807, 2.05) is 12.1 Å². The summed E-state index contributed by atoms with van der Waals surface area (Å²) in [7, 11) is 0. The summed E-state index contributed by atoms with van der Waals surface area (Å²) >= 11 is 0. The zero-order chi connectivity index (χ0) is 48.0. The number of rotatable bonds is 8. The minimum Gasteiger partial charge on any atom is -0.454 e. The molecule has 73 heavy (non-hydrogen) atoms. The van der Waals surface area contributed by atoms with Crippen molar-refractivity contribution in [3.05, 3.63) is 289 Å². The van der Waals surface area contributed by atoms with Gasteiger partial charge in [-0.15, -0.1) is 0 Å². The van der Waals surface area contributed by atoms with Gasteiger partial charge in [0.1, 0.15) is 11.2 Å². The van der Waals surface area contributed by atoms with Gasteiger partial charge in [-0.3, -0.25) is 0 Å². The number of anilines is 6. The number of para-hydroxylation sites is 6. The molecule has 0 radical (unpaired) electrons. The molecule has 0 saturated heterocycles. The Hall–Kier alpha value is -9.64. The largest absolute Gasteiger partial charge is 0.454 e. The van der Waals surface area contributed by atoms with Crippen molar-refractivity contribution in [1.29, 1.82) is 0 Å². The Bertz CT molecular complexity index is 4160. The highest BCUT2D eigenvalue weighted by Gasteiger charge is 2.48. The summed E-state index contributed by atoms with van der Waals surface area (Å²) in [5.74, 6) is 0. The first-order chi connectivity index (χ1) is 36.2. The Morgan fingerprint density at radius 2 is 0.658 bits per heavy atom. The first-order valence-corrected chi connectivity index (χ1v) is 25.0. The minimum atomic E-state index is -0.673. The number of furan rings is 2. The van der Waals surface area contributed by atoms with Crippen molar-refractivity contribution < 1.29 is 8.83 Å². The van der Waals surface area contributed by atoms with E-state index in [4.69, 9.17) is 8.83 Å². The monoisotopic (exact) mass is 932 g/mol. The Kier molecular flexibility index (Phi) is 9.14. The summed E-state index contributed by atoms with van der Waals surface area (Å²) in [6.45, 7) is 0. The maximum atomic E-state index is 6.70. The smallest absolute Gasteiger partial charge is 0.159 e. The molecule has 0 atom stereocenters. The molecule has 342 valence electrons. The van der Waals surface area contributed by atoms with Gasteiger partial charge in [-0.05, 0) is 128 Å². The Balaban J connectivity index is 0.960. The van der Waals surface area contributed by atoms with Crippen LogP contribution < -0.4 is 9.80 Å². The quantitative estimate of drug-likeness (QED) is 0.152. The van der Waals surface area contributed by atoms with Gasteiger partial charge in [0.05, 0.1) is 16.8 Å². The zero-order valence-electron chi connectivity index (χ0n) is 39.6. The number of fused-ring (bicyclic) bond motifs is 13. The van der Waals surface area contributed by atoms with Gasteiger partial charge in [0.15, 0.2) is 11.2 Å². The van der Waals surface area contributed by atoms with Crippen LogP contribution in [0.5, 0.6) is 0 Å². The van der Waals surface area contributed by atoms with Crippen LogP contribution in [0.25, 0.3) is 76.5 Å².